The smallest absolute Gasteiger partial charge is 0.239 e. The maximum atomic E-state index is 4.99. The van der Waals surface area contributed by atoms with E-state index in [1.807, 2.05) is 6.20 Å². The first kappa shape index (κ1) is 30.4. The number of benzene rings is 5. The van der Waals surface area contributed by atoms with Gasteiger partial charge in [0.05, 0.1) is 5.72 Å². The molecule has 0 fully saturated rings. The summed E-state index contributed by atoms with van der Waals surface area (Å²) in [6.45, 7) is 2.27. The fraction of sp³-hybridized carbons (Fsp3) is 0.146. The van der Waals surface area contributed by atoms with E-state index in [1.54, 1.807) is 0 Å². The van der Waals surface area contributed by atoms with E-state index < -0.39 is 8.07 Å². The molecule has 0 N–H and O–H groups in total. The normalized spacial score (nSPS) is 11.8. The van der Waals surface area contributed by atoms with Gasteiger partial charge in [0, 0.05) is 18.6 Å². The van der Waals surface area contributed by atoms with Crippen molar-refractivity contribution in [2.75, 3.05) is 0 Å². The van der Waals surface area contributed by atoms with Crippen LogP contribution in [0.2, 0.25) is 0 Å². The van der Waals surface area contributed by atoms with Crippen molar-refractivity contribution in [2.24, 2.45) is 0 Å². The van der Waals surface area contributed by atoms with Gasteiger partial charge < -0.3 is 4.57 Å². The Hall–Kier alpha value is -4.67. The van der Waals surface area contributed by atoms with Crippen LogP contribution in [0, 0.1) is 0 Å². The van der Waals surface area contributed by atoms with E-state index >= 15 is 0 Å². The summed E-state index contributed by atoms with van der Waals surface area (Å²) in [7, 11) is -1.78. The monoisotopic (exact) mass is 600 g/mol. The molecule has 0 aliphatic rings. The Morgan fingerprint density at radius 1 is 0.667 bits per heavy atom. The molecule has 6 aromatic rings. The third kappa shape index (κ3) is 7.19. The molecule has 4 heteroatoms. The Labute approximate surface area is 270 Å². The van der Waals surface area contributed by atoms with Crippen LogP contribution in [0.4, 0.5) is 0 Å². The number of aromatic nitrogens is 2. The lowest BCUT2D eigenvalue weighted by molar-refractivity contribution is 0.717. The van der Waals surface area contributed by atoms with Gasteiger partial charge in [-0.2, -0.15) is 0 Å². The van der Waals surface area contributed by atoms with Crippen molar-refractivity contribution in [3.8, 4) is 0 Å². The SMILES string of the molecule is CCCCCc1ccc([Si](Cn2ccnc2BC(=Cc2ccccc2)c2ccccc2)(c2ccccc2)c2ccccc2)cc1. The molecule has 1 heterocycles. The molecular formula is C41H41BN2Si. The van der Waals surface area contributed by atoms with Gasteiger partial charge in [-0.25, -0.2) is 0 Å². The Kier molecular flexibility index (Phi) is 10.0. The summed E-state index contributed by atoms with van der Waals surface area (Å²) in [6.07, 6.45) is 12.3. The van der Waals surface area contributed by atoms with Crippen molar-refractivity contribution in [1.29, 1.82) is 0 Å². The van der Waals surface area contributed by atoms with Crippen molar-refractivity contribution in [1.82, 2.24) is 9.55 Å². The van der Waals surface area contributed by atoms with Gasteiger partial charge in [0.2, 0.25) is 7.28 Å². The second-order valence-electron chi connectivity index (χ2n) is 11.9. The minimum absolute atomic E-state index is 0.746. The van der Waals surface area contributed by atoms with Crippen LogP contribution < -0.4 is 21.3 Å². The number of hydrogen-bond donors (Lipinski definition) is 0. The van der Waals surface area contributed by atoms with Crippen molar-refractivity contribution < 1.29 is 0 Å². The molecule has 0 spiro atoms. The highest BCUT2D eigenvalue weighted by Crippen LogP contribution is 2.18. The average Bonchev–Trinajstić information content (AvgIpc) is 3.55. The van der Waals surface area contributed by atoms with Crippen molar-refractivity contribution >= 4 is 48.2 Å². The van der Waals surface area contributed by atoms with Crippen molar-refractivity contribution in [2.45, 2.75) is 38.8 Å². The first-order chi connectivity index (χ1) is 22.3. The molecule has 1 aromatic heterocycles. The second kappa shape index (κ2) is 14.9. The molecule has 0 bridgehead atoms. The van der Waals surface area contributed by atoms with Crippen molar-refractivity contribution in [3.05, 3.63) is 175 Å². The summed E-state index contributed by atoms with van der Waals surface area (Å²) in [5, 5.41) is 4.26. The summed E-state index contributed by atoms with van der Waals surface area (Å²) >= 11 is 0. The lowest BCUT2D eigenvalue weighted by Crippen LogP contribution is -2.70. The van der Waals surface area contributed by atoms with E-state index in [0.717, 1.165) is 25.6 Å². The zero-order valence-electron chi connectivity index (χ0n) is 26.2. The number of aryl methyl sites for hydroxylation is 1. The molecule has 222 valence electrons. The first-order valence-electron chi connectivity index (χ1n) is 16.3. The highest BCUT2D eigenvalue weighted by Gasteiger charge is 2.40. The Bertz CT molecular complexity index is 1740. The predicted octanol–water partition coefficient (Wildman–Crippen LogP) is 6.59. The van der Waals surface area contributed by atoms with E-state index in [1.165, 1.54) is 57.0 Å². The highest BCUT2D eigenvalue weighted by atomic mass is 28.3. The van der Waals surface area contributed by atoms with Gasteiger partial charge in [-0.1, -0.05) is 177 Å². The van der Waals surface area contributed by atoms with E-state index in [0.29, 0.717) is 0 Å². The van der Waals surface area contributed by atoms with Gasteiger partial charge in [-0.3, -0.25) is 4.98 Å². The summed E-state index contributed by atoms with van der Waals surface area (Å²) < 4.78 is 2.43. The lowest BCUT2D eigenvalue weighted by atomic mass is 9.65. The maximum Gasteiger partial charge on any atom is 0.239 e. The molecule has 6 rings (SSSR count). The van der Waals surface area contributed by atoms with Crippen LogP contribution in [-0.2, 0) is 12.6 Å². The van der Waals surface area contributed by atoms with Crippen LogP contribution in [0.15, 0.2) is 158 Å². The molecule has 0 saturated heterocycles. The fourth-order valence-corrected chi connectivity index (χ4v) is 11.1. The predicted molar refractivity (Wildman–Crippen MR) is 197 cm³/mol. The lowest BCUT2D eigenvalue weighted by Gasteiger charge is -2.35. The first-order valence-corrected chi connectivity index (χ1v) is 18.5. The number of imidazole rings is 1. The van der Waals surface area contributed by atoms with E-state index in [9.17, 15) is 0 Å². The van der Waals surface area contributed by atoms with Gasteiger partial charge in [-0.15, -0.1) is 0 Å². The van der Waals surface area contributed by atoms with Crippen LogP contribution in [-0.4, -0.2) is 24.9 Å². The second-order valence-corrected chi connectivity index (χ2v) is 15.7. The quantitative estimate of drug-likeness (QED) is 0.0634. The number of nitrogens with zero attached hydrogens (tertiary/aromatic N) is 2. The Morgan fingerprint density at radius 3 is 1.82 bits per heavy atom. The third-order valence-corrected chi connectivity index (χ3v) is 13.7. The minimum Gasteiger partial charge on any atom is -0.345 e. The van der Waals surface area contributed by atoms with Crippen molar-refractivity contribution in [3.63, 3.8) is 0 Å². The molecule has 0 unspecified atom stereocenters. The van der Waals surface area contributed by atoms with E-state index in [-0.39, 0.29) is 0 Å². The molecule has 0 amide bonds. The number of hydrogen-bond acceptors (Lipinski definition) is 1. The zero-order valence-corrected chi connectivity index (χ0v) is 27.2. The molecule has 0 aliphatic carbocycles. The van der Waals surface area contributed by atoms with Gasteiger partial charge >= 0.3 is 0 Å². The summed E-state index contributed by atoms with van der Waals surface area (Å²) in [5.74, 6) is 0. The number of rotatable bonds is 13. The molecular weight excluding hydrogens is 559 g/mol. The third-order valence-electron chi connectivity index (χ3n) is 8.89. The zero-order chi connectivity index (χ0) is 30.7. The van der Waals surface area contributed by atoms with Gasteiger partial charge in [0.25, 0.3) is 0 Å². The van der Waals surface area contributed by atoms with Crippen LogP contribution in [0.5, 0.6) is 0 Å². The molecule has 45 heavy (non-hydrogen) atoms. The fourth-order valence-electron chi connectivity index (χ4n) is 6.47. The van der Waals surface area contributed by atoms with Crippen LogP contribution >= 0.6 is 0 Å². The number of unbranched alkanes of at least 4 members (excludes halogenated alkanes) is 2. The van der Waals surface area contributed by atoms with Gasteiger partial charge in [0.1, 0.15) is 0 Å². The Balaban J connectivity index is 1.44. The largest absolute Gasteiger partial charge is 0.345 e. The summed E-state index contributed by atoms with van der Waals surface area (Å²) in [4.78, 5) is 4.99. The maximum absolute atomic E-state index is 4.99. The molecule has 5 aromatic carbocycles. The van der Waals surface area contributed by atoms with Crippen LogP contribution in [0.1, 0.15) is 42.9 Å². The highest BCUT2D eigenvalue weighted by molar-refractivity contribution is 7.10. The van der Waals surface area contributed by atoms with Crippen LogP contribution in [0.25, 0.3) is 11.5 Å². The van der Waals surface area contributed by atoms with E-state index in [4.69, 9.17) is 4.98 Å². The van der Waals surface area contributed by atoms with E-state index in [2.05, 4.69) is 169 Å². The molecule has 0 atom stereocenters. The summed E-state index contributed by atoms with van der Waals surface area (Å²) in [6, 6.07) is 53.4. The topological polar surface area (TPSA) is 17.8 Å². The molecule has 0 radical (unpaired) electrons. The average molecular weight is 601 g/mol. The summed E-state index contributed by atoms with van der Waals surface area (Å²) in [5.41, 5.74) is 6.20. The molecule has 0 saturated carbocycles. The van der Waals surface area contributed by atoms with Gasteiger partial charge in [-0.05, 0) is 45.1 Å². The Morgan fingerprint density at radius 2 is 1.22 bits per heavy atom. The molecule has 0 aliphatic heterocycles. The minimum atomic E-state index is -2.52. The van der Waals surface area contributed by atoms with Crippen LogP contribution in [0.3, 0.4) is 0 Å². The van der Waals surface area contributed by atoms with Gasteiger partial charge in [0.15, 0.2) is 8.07 Å². The molecule has 2 nitrogen and oxygen atoms in total. The standard InChI is InChI=1S/C41H41BN2Si/c1-2-3-8-17-34-26-28-39(29-27-34)45(37-22-13-6-14-23-37,38-24-15-7-16-25-38)33-44-31-30-43-41(44)42-40(36-20-11-5-12-21-36)32-35-18-9-4-10-19-35/h4-7,9-16,18-32,42H,2-3,8,17,33H2,1H3.